The van der Waals surface area contributed by atoms with E-state index >= 15 is 0 Å². The molecule has 0 spiro atoms. The molecule has 26 heavy (non-hydrogen) atoms. The van der Waals surface area contributed by atoms with Crippen molar-refractivity contribution in [3.8, 4) is 0 Å². The molecule has 0 atom stereocenters. The van der Waals surface area contributed by atoms with Gasteiger partial charge < -0.3 is 10.6 Å². The summed E-state index contributed by atoms with van der Waals surface area (Å²) in [6.45, 7) is 6.60. The van der Waals surface area contributed by atoms with Crippen LogP contribution in [0.15, 0.2) is 60.1 Å². The monoisotopic (exact) mass is 365 g/mol. The third-order valence-corrected chi connectivity index (χ3v) is 4.86. The van der Waals surface area contributed by atoms with Crippen molar-refractivity contribution in [3.05, 3.63) is 70.5 Å². The van der Waals surface area contributed by atoms with Crippen LogP contribution in [-0.4, -0.2) is 10.9 Å². The highest BCUT2D eigenvalue weighted by Gasteiger charge is 2.12. The van der Waals surface area contributed by atoms with E-state index in [1.165, 1.54) is 5.56 Å². The SMILES string of the molecule is CC(C)(C)c1ccc(Nc2ccc(NC(=O)Cc3cccs3)nc2)cc1. The second-order valence-electron chi connectivity index (χ2n) is 7.19. The van der Waals surface area contributed by atoms with Crippen LogP contribution < -0.4 is 10.6 Å². The fraction of sp³-hybridized carbons (Fsp3) is 0.238. The Kier molecular flexibility index (Phi) is 5.38. The zero-order chi connectivity index (χ0) is 18.6. The summed E-state index contributed by atoms with van der Waals surface area (Å²) < 4.78 is 0. The molecule has 4 nitrogen and oxygen atoms in total. The van der Waals surface area contributed by atoms with E-state index in [-0.39, 0.29) is 11.3 Å². The molecule has 0 saturated carbocycles. The first-order valence-electron chi connectivity index (χ1n) is 8.56. The first kappa shape index (κ1) is 18.1. The van der Waals surface area contributed by atoms with Crippen LogP contribution >= 0.6 is 11.3 Å². The summed E-state index contributed by atoms with van der Waals surface area (Å²) in [7, 11) is 0. The van der Waals surface area contributed by atoms with Gasteiger partial charge in [0, 0.05) is 10.6 Å². The molecule has 0 aliphatic rings. The van der Waals surface area contributed by atoms with Crippen LogP contribution in [0.25, 0.3) is 0 Å². The molecule has 2 aromatic heterocycles. The molecule has 0 fully saturated rings. The number of thiophene rings is 1. The predicted octanol–water partition coefficient (Wildman–Crippen LogP) is 5.37. The van der Waals surface area contributed by atoms with E-state index in [4.69, 9.17) is 0 Å². The molecule has 3 aromatic rings. The number of amides is 1. The molecule has 1 aromatic carbocycles. The lowest BCUT2D eigenvalue weighted by Gasteiger charge is -2.19. The van der Waals surface area contributed by atoms with Gasteiger partial charge in [0.2, 0.25) is 5.91 Å². The number of anilines is 3. The minimum atomic E-state index is -0.0570. The highest BCUT2D eigenvalue weighted by molar-refractivity contribution is 7.10. The second-order valence-corrected chi connectivity index (χ2v) is 8.22. The highest BCUT2D eigenvalue weighted by Crippen LogP contribution is 2.25. The molecule has 3 rings (SSSR count). The van der Waals surface area contributed by atoms with Crippen LogP contribution in [0.2, 0.25) is 0 Å². The van der Waals surface area contributed by atoms with Crippen molar-refractivity contribution in [2.75, 3.05) is 10.6 Å². The number of benzene rings is 1. The number of carbonyl (C=O) groups is 1. The molecule has 0 bridgehead atoms. The highest BCUT2D eigenvalue weighted by atomic mass is 32.1. The van der Waals surface area contributed by atoms with Gasteiger partial charge in [-0.15, -0.1) is 11.3 Å². The Bertz CT molecular complexity index is 848. The first-order valence-corrected chi connectivity index (χ1v) is 9.44. The zero-order valence-corrected chi connectivity index (χ0v) is 16.1. The summed E-state index contributed by atoms with van der Waals surface area (Å²) in [5.74, 6) is 0.499. The lowest BCUT2D eigenvalue weighted by atomic mass is 9.87. The van der Waals surface area contributed by atoms with Gasteiger partial charge in [0.05, 0.1) is 18.3 Å². The van der Waals surface area contributed by atoms with Gasteiger partial charge in [-0.2, -0.15) is 0 Å². The molecule has 134 valence electrons. The minimum absolute atomic E-state index is 0.0570. The molecule has 0 unspecified atom stereocenters. The summed E-state index contributed by atoms with van der Waals surface area (Å²) in [5.41, 5.74) is 3.33. The molecule has 2 heterocycles. The number of hydrogen-bond acceptors (Lipinski definition) is 4. The van der Waals surface area contributed by atoms with Gasteiger partial charge in [-0.05, 0) is 46.7 Å². The maximum Gasteiger partial charge on any atom is 0.230 e. The summed E-state index contributed by atoms with van der Waals surface area (Å²) in [5, 5.41) is 8.12. The number of pyridine rings is 1. The van der Waals surface area contributed by atoms with Gasteiger partial charge in [0.1, 0.15) is 5.82 Å². The van der Waals surface area contributed by atoms with Gasteiger partial charge in [0.25, 0.3) is 0 Å². The lowest BCUT2D eigenvalue weighted by Crippen LogP contribution is -2.14. The third-order valence-electron chi connectivity index (χ3n) is 3.99. The van der Waals surface area contributed by atoms with E-state index in [1.807, 2.05) is 23.6 Å². The van der Waals surface area contributed by atoms with Crippen LogP contribution in [-0.2, 0) is 16.6 Å². The average Bonchev–Trinajstić information content (AvgIpc) is 3.09. The molecule has 0 saturated heterocycles. The average molecular weight is 366 g/mol. The molecule has 1 amide bonds. The van der Waals surface area contributed by atoms with Gasteiger partial charge in [-0.3, -0.25) is 4.79 Å². The van der Waals surface area contributed by atoms with Crippen LogP contribution in [0.3, 0.4) is 0 Å². The van der Waals surface area contributed by atoms with Crippen LogP contribution in [0.1, 0.15) is 31.2 Å². The maximum atomic E-state index is 12.0. The van der Waals surface area contributed by atoms with Crippen molar-refractivity contribution in [1.29, 1.82) is 0 Å². The van der Waals surface area contributed by atoms with E-state index in [0.29, 0.717) is 12.2 Å². The van der Waals surface area contributed by atoms with E-state index < -0.39 is 0 Å². The molecular formula is C21H23N3OS. The Morgan fingerprint density at radius 2 is 1.77 bits per heavy atom. The number of aromatic nitrogens is 1. The minimum Gasteiger partial charge on any atom is -0.354 e. The van der Waals surface area contributed by atoms with Crippen molar-refractivity contribution in [2.24, 2.45) is 0 Å². The number of nitrogens with zero attached hydrogens (tertiary/aromatic N) is 1. The van der Waals surface area contributed by atoms with E-state index in [1.54, 1.807) is 23.6 Å². The van der Waals surface area contributed by atoms with E-state index in [9.17, 15) is 4.79 Å². The van der Waals surface area contributed by atoms with Crippen LogP contribution in [0.5, 0.6) is 0 Å². The third kappa shape index (κ3) is 4.92. The topological polar surface area (TPSA) is 54.0 Å². The Labute approximate surface area is 158 Å². The molecule has 0 aliphatic carbocycles. The fourth-order valence-corrected chi connectivity index (χ4v) is 3.22. The maximum absolute atomic E-state index is 12.0. The molecule has 2 N–H and O–H groups in total. The molecule has 5 heteroatoms. The largest absolute Gasteiger partial charge is 0.354 e. The van der Waals surface area contributed by atoms with E-state index in [0.717, 1.165) is 16.3 Å². The van der Waals surface area contributed by atoms with Gasteiger partial charge in [0.15, 0.2) is 0 Å². The Morgan fingerprint density at radius 1 is 1.04 bits per heavy atom. The normalized spacial score (nSPS) is 11.2. The van der Waals surface area contributed by atoms with Crippen LogP contribution in [0, 0.1) is 0 Å². The number of hydrogen-bond donors (Lipinski definition) is 2. The smallest absolute Gasteiger partial charge is 0.230 e. The summed E-state index contributed by atoms with van der Waals surface area (Å²) in [6, 6.07) is 16.0. The fourth-order valence-electron chi connectivity index (χ4n) is 2.52. The number of nitrogens with one attached hydrogen (secondary N) is 2. The Morgan fingerprint density at radius 3 is 2.35 bits per heavy atom. The second kappa shape index (κ2) is 7.70. The van der Waals surface area contributed by atoms with Gasteiger partial charge in [-0.25, -0.2) is 4.98 Å². The lowest BCUT2D eigenvalue weighted by molar-refractivity contribution is -0.115. The van der Waals surface area contributed by atoms with Gasteiger partial charge >= 0.3 is 0 Å². The number of carbonyl (C=O) groups excluding carboxylic acids is 1. The summed E-state index contributed by atoms with van der Waals surface area (Å²) in [4.78, 5) is 17.4. The van der Waals surface area contributed by atoms with Gasteiger partial charge in [-0.1, -0.05) is 39.0 Å². The molecule has 0 radical (unpaired) electrons. The predicted molar refractivity (Wildman–Crippen MR) is 109 cm³/mol. The Balaban J connectivity index is 1.58. The van der Waals surface area contributed by atoms with Crippen molar-refractivity contribution >= 4 is 34.4 Å². The van der Waals surface area contributed by atoms with Crippen molar-refractivity contribution in [1.82, 2.24) is 4.98 Å². The standard InChI is InChI=1S/C21H23N3OS/c1-21(2,3)15-6-8-16(9-7-15)23-17-10-11-19(22-14-17)24-20(25)13-18-5-4-12-26-18/h4-12,14,23H,13H2,1-3H3,(H,22,24,25). The quantitative estimate of drug-likeness (QED) is 0.639. The molecular weight excluding hydrogens is 342 g/mol. The number of rotatable bonds is 5. The summed E-state index contributed by atoms with van der Waals surface area (Å²) in [6.07, 6.45) is 2.10. The first-order chi connectivity index (χ1) is 12.4. The Hall–Kier alpha value is -2.66. The van der Waals surface area contributed by atoms with Crippen molar-refractivity contribution < 1.29 is 4.79 Å². The van der Waals surface area contributed by atoms with Crippen LogP contribution in [0.4, 0.5) is 17.2 Å². The van der Waals surface area contributed by atoms with Crippen molar-refractivity contribution in [3.63, 3.8) is 0 Å². The molecule has 0 aliphatic heterocycles. The zero-order valence-electron chi connectivity index (χ0n) is 15.2. The summed E-state index contributed by atoms with van der Waals surface area (Å²) >= 11 is 1.58. The van der Waals surface area contributed by atoms with Crippen molar-refractivity contribution in [2.45, 2.75) is 32.6 Å². The van der Waals surface area contributed by atoms with E-state index in [2.05, 4.69) is 60.7 Å².